The molecule has 1 aromatic rings. The predicted molar refractivity (Wildman–Crippen MR) is 60.4 cm³/mol. The lowest BCUT2D eigenvalue weighted by Crippen LogP contribution is -2.30. The lowest BCUT2D eigenvalue weighted by atomic mass is 10.2. The molecule has 15 heavy (non-hydrogen) atoms. The van der Waals surface area contributed by atoms with Gasteiger partial charge in [0.2, 0.25) is 0 Å². The Morgan fingerprint density at radius 3 is 2.87 bits per heavy atom. The molecule has 1 aromatic carbocycles. The number of nitrogens with zero attached hydrogens (tertiary/aromatic N) is 2. The van der Waals surface area contributed by atoms with Gasteiger partial charge >= 0.3 is 0 Å². The normalized spacial score (nSPS) is 11.8. The van der Waals surface area contributed by atoms with Crippen molar-refractivity contribution in [3.8, 4) is 0 Å². The Labute approximate surface area is 96.5 Å². The molecule has 0 bridgehead atoms. The van der Waals surface area contributed by atoms with E-state index in [1.165, 1.54) is 6.21 Å². The van der Waals surface area contributed by atoms with Crippen LogP contribution in [0.2, 0.25) is 5.02 Å². The van der Waals surface area contributed by atoms with Crippen molar-refractivity contribution >= 4 is 35.6 Å². The van der Waals surface area contributed by atoms with Crippen LogP contribution >= 0.6 is 23.4 Å². The van der Waals surface area contributed by atoms with Crippen molar-refractivity contribution in [2.45, 2.75) is 0 Å². The highest BCUT2D eigenvalue weighted by Gasteiger charge is 1.92. The molecule has 0 aliphatic carbocycles. The zero-order chi connectivity index (χ0) is 11.1. The van der Waals surface area contributed by atoms with Crippen LogP contribution in [0.1, 0.15) is 5.56 Å². The van der Waals surface area contributed by atoms with Gasteiger partial charge in [-0.25, -0.2) is 10.9 Å². The highest BCUT2D eigenvalue weighted by molar-refractivity contribution is 6.30. The van der Waals surface area contributed by atoms with Crippen LogP contribution in [0.5, 0.6) is 0 Å². The summed E-state index contributed by atoms with van der Waals surface area (Å²) in [5.74, 6) is -0.0741. The van der Waals surface area contributed by atoms with Crippen molar-refractivity contribution in [3.63, 3.8) is 0 Å². The van der Waals surface area contributed by atoms with E-state index in [-0.39, 0.29) is 5.96 Å². The molecule has 0 heterocycles. The lowest BCUT2D eigenvalue weighted by molar-refractivity contribution is 0.230. The third-order valence-electron chi connectivity index (χ3n) is 1.42. The molecule has 0 saturated carbocycles. The highest BCUT2D eigenvalue weighted by atomic mass is 35.5. The fourth-order valence-corrected chi connectivity index (χ4v) is 1.09. The molecular weight excluding hydrogens is 239 g/mol. The highest BCUT2D eigenvalue weighted by Crippen LogP contribution is 2.08. The molecule has 0 saturated heterocycles. The fourth-order valence-electron chi connectivity index (χ4n) is 0.818. The molecule has 0 unspecified atom stereocenters. The number of hydroxylamine groups is 1. The second kappa shape index (κ2) is 6.23. The molecule has 5 nitrogen and oxygen atoms in total. The average Bonchev–Trinajstić information content (AvgIpc) is 2.25. The van der Waals surface area contributed by atoms with Crippen LogP contribution in [0.25, 0.3) is 0 Å². The van der Waals surface area contributed by atoms with E-state index >= 15 is 0 Å². The largest absolute Gasteiger partial charge is 0.288 e. The monoisotopic (exact) mass is 246 g/mol. The predicted octanol–water partition coefficient (Wildman–Crippen LogP) is 1.75. The minimum Gasteiger partial charge on any atom is -0.288 e. The Kier molecular flexibility index (Phi) is 4.89. The van der Waals surface area contributed by atoms with Gasteiger partial charge in [-0.05, 0) is 17.7 Å². The minimum absolute atomic E-state index is 0.0741. The number of hydrazone groups is 1. The number of hydrogen-bond donors (Lipinski definition) is 3. The first-order chi connectivity index (χ1) is 7.26. The van der Waals surface area contributed by atoms with Gasteiger partial charge in [0, 0.05) is 16.8 Å². The quantitative estimate of drug-likeness (QED) is 0.423. The number of halogens is 2. The van der Waals surface area contributed by atoms with Crippen molar-refractivity contribution in [1.29, 1.82) is 0 Å². The fraction of sp³-hybridized carbons (Fsp3) is 0. The molecular formula is C8H8Cl2N4O. The van der Waals surface area contributed by atoms with Gasteiger partial charge in [0.25, 0.3) is 5.96 Å². The van der Waals surface area contributed by atoms with E-state index in [0.717, 1.165) is 5.56 Å². The Hall–Kier alpha value is -1.30. The first-order valence-electron chi connectivity index (χ1n) is 3.90. The molecule has 3 N–H and O–H groups in total. The Bertz CT molecular complexity index is 381. The van der Waals surface area contributed by atoms with Crippen molar-refractivity contribution in [3.05, 3.63) is 34.9 Å². The van der Waals surface area contributed by atoms with Crippen LogP contribution in [0, 0.1) is 0 Å². The van der Waals surface area contributed by atoms with Crippen LogP contribution in [-0.2, 0) is 0 Å². The number of hydrogen-bond acceptors (Lipinski definition) is 3. The third-order valence-corrected chi connectivity index (χ3v) is 1.83. The number of rotatable bonds is 2. The van der Waals surface area contributed by atoms with Crippen molar-refractivity contribution in [2.24, 2.45) is 9.61 Å². The van der Waals surface area contributed by atoms with E-state index in [2.05, 4.69) is 15.0 Å². The Morgan fingerprint density at radius 1 is 1.47 bits per heavy atom. The minimum atomic E-state index is -0.0741. The summed E-state index contributed by atoms with van der Waals surface area (Å²) in [7, 11) is 0. The van der Waals surface area contributed by atoms with E-state index in [1.54, 1.807) is 23.7 Å². The summed E-state index contributed by atoms with van der Waals surface area (Å²) in [6, 6.07) is 7.11. The standard InChI is InChI=1S/C8H8Cl2N4O/c9-7-3-1-2-6(4-7)5-11-13-8(12-10)14-15/h1-5,15H,(H2,12,13,14). The van der Waals surface area contributed by atoms with Gasteiger partial charge in [-0.2, -0.15) is 5.10 Å². The molecule has 1 rings (SSSR count). The summed E-state index contributed by atoms with van der Waals surface area (Å²) in [6.07, 6.45) is 1.51. The van der Waals surface area contributed by atoms with Gasteiger partial charge in [-0.3, -0.25) is 5.21 Å². The first kappa shape index (κ1) is 11.8. The summed E-state index contributed by atoms with van der Waals surface area (Å²) in [6.45, 7) is 0. The average molecular weight is 247 g/mol. The molecule has 0 aliphatic heterocycles. The third kappa shape index (κ3) is 4.16. The second-order valence-corrected chi connectivity index (χ2v) is 3.08. The SMILES string of the molecule is ONC(=NCl)NN=Cc1cccc(Cl)c1. The molecule has 0 fully saturated rings. The number of nitrogens with one attached hydrogen (secondary N) is 2. The lowest BCUT2D eigenvalue weighted by Gasteiger charge is -1.99. The molecule has 0 aliphatic rings. The first-order valence-corrected chi connectivity index (χ1v) is 4.61. The van der Waals surface area contributed by atoms with Crippen molar-refractivity contribution in [1.82, 2.24) is 10.9 Å². The second-order valence-electron chi connectivity index (χ2n) is 2.47. The molecule has 0 spiro atoms. The maximum atomic E-state index is 8.44. The number of benzene rings is 1. The van der Waals surface area contributed by atoms with Crippen LogP contribution in [-0.4, -0.2) is 17.4 Å². The van der Waals surface area contributed by atoms with Crippen molar-refractivity contribution < 1.29 is 5.21 Å². The number of guanidine groups is 1. The molecule has 0 atom stereocenters. The van der Waals surface area contributed by atoms with Gasteiger partial charge in [0.15, 0.2) is 0 Å². The van der Waals surface area contributed by atoms with Gasteiger partial charge in [-0.1, -0.05) is 23.7 Å². The summed E-state index contributed by atoms with van der Waals surface area (Å²) in [4.78, 5) is 0. The van der Waals surface area contributed by atoms with Crippen LogP contribution < -0.4 is 10.9 Å². The maximum absolute atomic E-state index is 8.44. The van der Waals surface area contributed by atoms with E-state index in [1.807, 2.05) is 6.07 Å². The smallest absolute Gasteiger partial charge is 0.253 e. The van der Waals surface area contributed by atoms with Gasteiger partial charge in [0.05, 0.1) is 6.21 Å². The molecule has 0 radical (unpaired) electrons. The van der Waals surface area contributed by atoms with Crippen molar-refractivity contribution in [2.75, 3.05) is 0 Å². The van der Waals surface area contributed by atoms with Crippen LogP contribution in [0.15, 0.2) is 33.9 Å². The van der Waals surface area contributed by atoms with E-state index in [0.29, 0.717) is 5.02 Å². The maximum Gasteiger partial charge on any atom is 0.253 e. The molecule has 0 amide bonds. The summed E-state index contributed by atoms with van der Waals surface area (Å²) >= 11 is 10.8. The van der Waals surface area contributed by atoms with Gasteiger partial charge in [0.1, 0.15) is 0 Å². The molecule has 80 valence electrons. The summed E-state index contributed by atoms with van der Waals surface area (Å²) < 4.78 is 3.13. The summed E-state index contributed by atoms with van der Waals surface area (Å²) in [5, 5.41) is 12.8. The zero-order valence-corrected chi connectivity index (χ0v) is 9.00. The Morgan fingerprint density at radius 2 is 2.27 bits per heavy atom. The van der Waals surface area contributed by atoms with Gasteiger partial charge in [-0.15, -0.1) is 4.51 Å². The summed E-state index contributed by atoms with van der Waals surface area (Å²) in [5.41, 5.74) is 4.89. The van der Waals surface area contributed by atoms with Crippen LogP contribution in [0.3, 0.4) is 0 Å². The zero-order valence-electron chi connectivity index (χ0n) is 7.48. The van der Waals surface area contributed by atoms with E-state index in [9.17, 15) is 0 Å². The Balaban J connectivity index is 2.58. The van der Waals surface area contributed by atoms with Crippen LogP contribution in [0.4, 0.5) is 0 Å². The van der Waals surface area contributed by atoms with E-state index < -0.39 is 0 Å². The molecule has 0 aromatic heterocycles. The topological polar surface area (TPSA) is 69.0 Å². The van der Waals surface area contributed by atoms with Gasteiger partial charge < -0.3 is 0 Å². The molecule has 7 heteroatoms. The van der Waals surface area contributed by atoms with E-state index in [4.69, 9.17) is 28.6 Å².